The Hall–Kier alpha value is -2.95. The molecule has 5 heteroatoms. The van der Waals surface area contributed by atoms with Crippen LogP contribution < -0.4 is 0 Å². The van der Waals surface area contributed by atoms with Crippen molar-refractivity contribution in [3.8, 4) is 5.69 Å². The third kappa shape index (κ3) is 3.37. The maximum Gasteiger partial charge on any atom is 0.254 e. The van der Waals surface area contributed by atoms with Gasteiger partial charge in [-0.05, 0) is 74.7 Å². The number of nitrogens with zero attached hydrogens (tertiary/aromatic N) is 3. The Balaban J connectivity index is 1.56. The number of halogens is 1. The van der Waals surface area contributed by atoms with Gasteiger partial charge in [-0.2, -0.15) is 5.10 Å². The zero-order valence-electron chi connectivity index (χ0n) is 15.5. The molecule has 27 heavy (non-hydrogen) atoms. The first kappa shape index (κ1) is 17.5. The Morgan fingerprint density at radius 3 is 2.41 bits per heavy atom. The highest BCUT2D eigenvalue weighted by atomic mass is 19.1. The fourth-order valence-electron chi connectivity index (χ4n) is 3.84. The number of carbonyl (C=O) groups excluding carboxylic acids is 1. The summed E-state index contributed by atoms with van der Waals surface area (Å²) in [5, 5.41) is 4.48. The van der Waals surface area contributed by atoms with Gasteiger partial charge in [-0.15, -0.1) is 0 Å². The van der Waals surface area contributed by atoms with E-state index in [1.54, 1.807) is 12.1 Å². The summed E-state index contributed by atoms with van der Waals surface area (Å²) >= 11 is 0. The van der Waals surface area contributed by atoms with Crippen molar-refractivity contribution in [1.82, 2.24) is 14.7 Å². The molecule has 0 radical (unpaired) electrons. The van der Waals surface area contributed by atoms with E-state index in [1.165, 1.54) is 12.1 Å². The van der Waals surface area contributed by atoms with Crippen LogP contribution in [-0.2, 0) is 0 Å². The van der Waals surface area contributed by atoms with E-state index in [0.29, 0.717) is 5.56 Å². The molecule has 0 aliphatic carbocycles. The van der Waals surface area contributed by atoms with Crippen molar-refractivity contribution < 1.29 is 9.18 Å². The zero-order valence-corrected chi connectivity index (χ0v) is 15.5. The summed E-state index contributed by atoms with van der Waals surface area (Å²) in [6.07, 6.45) is 1.86. The molecule has 1 unspecified atom stereocenters. The smallest absolute Gasteiger partial charge is 0.254 e. The minimum Gasteiger partial charge on any atom is -0.332 e. The van der Waals surface area contributed by atoms with Gasteiger partial charge in [0.25, 0.3) is 5.91 Å². The number of hydrogen-bond acceptors (Lipinski definition) is 2. The van der Waals surface area contributed by atoms with E-state index in [2.05, 4.69) is 5.10 Å². The Morgan fingerprint density at radius 2 is 1.78 bits per heavy atom. The quantitative estimate of drug-likeness (QED) is 0.682. The molecule has 0 spiro atoms. The van der Waals surface area contributed by atoms with E-state index in [-0.39, 0.29) is 17.8 Å². The molecule has 1 fully saturated rings. The number of benzene rings is 2. The SMILES string of the molecule is Cc1cc(C)n(-c2ccc(C(=O)N3CCCC3c3ccc(F)cc3)cc2)n1. The van der Waals surface area contributed by atoms with E-state index < -0.39 is 0 Å². The van der Waals surface area contributed by atoms with Crippen LogP contribution in [-0.4, -0.2) is 27.1 Å². The number of aromatic nitrogens is 2. The van der Waals surface area contributed by atoms with Crippen molar-refractivity contribution >= 4 is 5.91 Å². The van der Waals surface area contributed by atoms with Crippen LogP contribution >= 0.6 is 0 Å². The monoisotopic (exact) mass is 363 g/mol. The normalized spacial score (nSPS) is 16.7. The summed E-state index contributed by atoms with van der Waals surface area (Å²) in [7, 11) is 0. The third-order valence-electron chi connectivity index (χ3n) is 5.14. The average molecular weight is 363 g/mol. The number of aryl methyl sites for hydroxylation is 2. The van der Waals surface area contributed by atoms with Gasteiger partial charge in [0.05, 0.1) is 17.4 Å². The maximum absolute atomic E-state index is 13.2. The van der Waals surface area contributed by atoms with E-state index in [1.807, 2.05) is 53.8 Å². The van der Waals surface area contributed by atoms with Gasteiger partial charge in [0.15, 0.2) is 0 Å². The molecule has 1 atom stereocenters. The fraction of sp³-hybridized carbons (Fsp3) is 0.273. The van der Waals surface area contributed by atoms with E-state index in [4.69, 9.17) is 0 Å². The molecule has 1 amide bonds. The molecular formula is C22H22FN3O. The maximum atomic E-state index is 13.2. The Morgan fingerprint density at radius 1 is 1.07 bits per heavy atom. The highest BCUT2D eigenvalue weighted by Crippen LogP contribution is 2.33. The number of carbonyl (C=O) groups is 1. The van der Waals surface area contributed by atoms with Gasteiger partial charge in [-0.1, -0.05) is 12.1 Å². The summed E-state index contributed by atoms with van der Waals surface area (Å²) in [4.78, 5) is 14.9. The van der Waals surface area contributed by atoms with Crippen LogP contribution in [0.2, 0.25) is 0 Å². The molecule has 1 aromatic heterocycles. The lowest BCUT2D eigenvalue weighted by molar-refractivity contribution is 0.0735. The molecule has 1 aliphatic heterocycles. The second kappa shape index (κ2) is 6.99. The number of hydrogen-bond donors (Lipinski definition) is 0. The number of likely N-dealkylation sites (tertiary alicyclic amines) is 1. The van der Waals surface area contributed by atoms with Crippen molar-refractivity contribution in [3.05, 3.63) is 82.9 Å². The molecule has 0 N–H and O–H groups in total. The summed E-state index contributed by atoms with van der Waals surface area (Å²) in [5.41, 5.74) is 4.61. The third-order valence-corrected chi connectivity index (χ3v) is 5.14. The van der Waals surface area contributed by atoms with Gasteiger partial charge in [-0.25, -0.2) is 9.07 Å². The predicted molar refractivity (Wildman–Crippen MR) is 102 cm³/mol. The van der Waals surface area contributed by atoms with Crippen molar-refractivity contribution in [1.29, 1.82) is 0 Å². The standard InChI is InChI=1S/C22H22FN3O/c1-15-14-16(2)26(24-15)20-11-7-18(8-12-20)22(27)25-13-3-4-21(25)17-5-9-19(23)10-6-17/h5-12,14,21H,3-4,13H2,1-2H3. The summed E-state index contributed by atoms with van der Waals surface area (Å²) in [6.45, 7) is 4.70. The molecule has 0 saturated carbocycles. The molecule has 1 aliphatic rings. The Kier molecular flexibility index (Phi) is 4.52. The van der Waals surface area contributed by atoms with Crippen molar-refractivity contribution in [2.75, 3.05) is 6.54 Å². The Labute approximate surface area is 158 Å². The van der Waals surface area contributed by atoms with Gasteiger partial charge in [-0.3, -0.25) is 4.79 Å². The van der Waals surface area contributed by atoms with Crippen molar-refractivity contribution in [2.45, 2.75) is 32.7 Å². The lowest BCUT2D eigenvalue weighted by atomic mass is 10.0. The van der Waals surface area contributed by atoms with Gasteiger partial charge in [0.2, 0.25) is 0 Å². The first-order valence-corrected chi connectivity index (χ1v) is 9.23. The van der Waals surface area contributed by atoms with E-state index >= 15 is 0 Å². The molecule has 0 bridgehead atoms. The Bertz CT molecular complexity index is 960. The summed E-state index contributed by atoms with van der Waals surface area (Å²) in [6, 6.07) is 16.1. The lowest BCUT2D eigenvalue weighted by Crippen LogP contribution is -2.30. The molecule has 2 aromatic carbocycles. The molecule has 3 aromatic rings. The zero-order chi connectivity index (χ0) is 19.0. The van der Waals surface area contributed by atoms with Gasteiger partial charge in [0.1, 0.15) is 5.82 Å². The molecule has 4 rings (SSSR count). The topological polar surface area (TPSA) is 38.1 Å². The number of amides is 1. The second-order valence-corrected chi connectivity index (χ2v) is 7.09. The summed E-state index contributed by atoms with van der Waals surface area (Å²) < 4.78 is 15.1. The van der Waals surface area contributed by atoms with Gasteiger partial charge < -0.3 is 4.90 Å². The second-order valence-electron chi connectivity index (χ2n) is 7.09. The van der Waals surface area contributed by atoms with Crippen LogP contribution in [0.4, 0.5) is 4.39 Å². The lowest BCUT2D eigenvalue weighted by Gasteiger charge is -2.25. The van der Waals surface area contributed by atoms with Crippen LogP contribution in [0.5, 0.6) is 0 Å². The van der Waals surface area contributed by atoms with E-state index in [9.17, 15) is 9.18 Å². The predicted octanol–water partition coefficient (Wildman–Crippen LogP) is 4.61. The molecule has 1 saturated heterocycles. The largest absolute Gasteiger partial charge is 0.332 e. The van der Waals surface area contributed by atoms with Gasteiger partial charge in [0, 0.05) is 17.8 Å². The highest BCUT2D eigenvalue weighted by molar-refractivity contribution is 5.94. The van der Waals surface area contributed by atoms with Crippen LogP contribution in [0.15, 0.2) is 54.6 Å². The van der Waals surface area contributed by atoms with Gasteiger partial charge >= 0.3 is 0 Å². The van der Waals surface area contributed by atoms with E-state index in [0.717, 1.165) is 42.0 Å². The van der Waals surface area contributed by atoms with Crippen LogP contribution in [0.3, 0.4) is 0 Å². The fourth-order valence-corrected chi connectivity index (χ4v) is 3.84. The van der Waals surface area contributed by atoms with Crippen molar-refractivity contribution in [3.63, 3.8) is 0 Å². The minimum atomic E-state index is -0.255. The first-order chi connectivity index (χ1) is 13.0. The summed E-state index contributed by atoms with van der Waals surface area (Å²) in [5.74, 6) is -0.240. The highest BCUT2D eigenvalue weighted by Gasteiger charge is 2.30. The van der Waals surface area contributed by atoms with Crippen LogP contribution in [0.25, 0.3) is 5.69 Å². The first-order valence-electron chi connectivity index (χ1n) is 9.23. The minimum absolute atomic E-state index is 0.00814. The molecule has 2 heterocycles. The van der Waals surface area contributed by atoms with Crippen LogP contribution in [0.1, 0.15) is 46.2 Å². The molecule has 4 nitrogen and oxygen atoms in total. The molecular weight excluding hydrogens is 341 g/mol. The molecule has 138 valence electrons. The van der Waals surface area contributed by atoms with Crippen molar-refractivity contribution in [2.24, 2.45) is 0 Å². The van der Waals surface area contributed by atoms with Crippen LogP contribution in [0, 0.1) is 19.7 Å². The average Bonchev–Trinajstić information content (AvgIpc) is 3.28. The number of rotatable bonds is 3.